The summed E-state index contributed by atoms with van der Waals surface area (Å²) >= 11 is 0. The zero-order chi connectivity index (χ0) is 16.7. The second kappa shape index (κ2) is 8.16. The fraction of sp³-hybridized carbons (Fsp3) is 0.533. The van der Waals surface area contributed by atoms with Crippen LogP contribution in [0.25, 0.3) is 0 Å². The molecule has 1 aliphatic rings. The van der Waals surface area contributed by atoms with E-state index in [1.165, 1.54) is 7.05 Å². The van der Waals surface area contributed by atoms with Gasteiger partial charge in [0.2, 0.25) is 10.0 Å². The highest BCUT2D eigenvalue weighted by Crippen LogP contribution is 2.15. The van der Waals surface area contributed by atoms with Gasteiger partial charge in [-0.1, -0.05) is 18.2 Å². The number of hydrogen-bond donors (Lipinski definition) is 3. The van der Waals surface area contributed by atoms with E-state index in [-0.39, 0.29) is 24.4 Å². The van der Waals surface area contributed by atoms with E-state index in [4.69, 9.17) is 0 Å². The number of likely N-dealkylation sites (tertiary alicyclic amines) is 1. The molecule has 0 unspecified atom stereocenters. The number of sulfonamides is 1. The largest absolute Gasteiger partial charge is 0.381 e. The lowest BCUT2D eigenvalue weighted by atomic mass is 10.1. The molecule has 7 nitrogen and oxygen atoms in total. The maximum absolute atomic E-state index is 12.1. The van der Waals surface area contributed by atoms with Crippen LogP contribution in [0.1, 0.15) is 12.8 Å². The zero-order valence-electron chi connectivity index (χ0n) is 13.3. The number of anilines is 1. The van der Waals surface area contributed by atoms with Gasteiger partial charge in [-0.3, -0.25) is 0 Å². The highest BCUT2D eigenvalue weighted by atomic mass is 32.2. The Balaban J connectivity index is 1.80. The number of nitrogens with one attached hydrogen (secondary N) is 3. The van der Waals surface area contributed by atoms with Crippen LogP contribution in [0.15, 0.2) is 30.3 Å². The molecule has 23 heavy (non-hydrogen) atoms. The number of para-hydroxylation sites is 1. The molecule has 0 spiro atoms. The molecule has 1 heterocycles. The number of carbonyl (C=O) groups excluding carboxylic acids is 1. The predicted octanol–water partition coefficient (Wildman–Crippen LogP) is 0.822. The van der Waals surface area contributed by atoms with Gasteiger partial charge in [0.25, 0.3) is 0 Å². The molecule has 0 saturated carbocycles. The predicted molar refractivity (Wildman–Crippen MR) is 90.9 cm³/mol. The Labute approximate surface area is 137 Å². The summed E-state index contributed by atoms with van der Waals surface area (Å²) in [5.74, 6) is -0.116. The summed E-state index contributed by atoms with van der Waals surface area (Å²) in [6, 6.07) is 9.90. The third-order valence-electron chi connectivity index (χ3n) is 3.81. The van der Waals surface area contributed by atoms with E-state index in [2.05, 4.69) is 15.4 Å². The number of piperidine rings is 1. The Kier molecular flexibility index (Phi) is 6.23. The van der Waals surface area contributed by atoms with Crippen molar-refractivity contribution in [2.45, 2.75) is 18.9 Å². The van der Waals surface area contributed by atoms with Crippen molar-refractivity contribution in [3.63, 3.8) is 0 Å². The minimum atomic E-state index is -3.29. The Morgan fingerprint density at radius 2 is 2.04 bits per heavy atom. The van der Waals surface area contributed by atoms with Crippen LogP contribution in [0.4, 0.5) is 10.5 Å². The molecule has 0 radical (unpaired) electrons. The molecule has 2 amide bonds. The van der Waals surface area contributed by atoms with Gasteiger partial charge in [0.1, 0.15) is 0 Å². The minimum Gasteiger partial charge on any atom is -0.381 e. The van der Waals surface area contributed by atoms with Crippen molar-refractivity contribution in [3.8, 4) is 0 Å². The van der Waals surface area contributed by atoms with E-state index in [1.54, 1.807) is 4.90 Å². The Hall–Kier alpha value is -1.80. The maximum Gasteiger partial charge on any atom is 0.317 e. The van der Waals surface area contributed by atoms with E-state index < -0.39 is 10.0 Å². The monoisotopic (exact) mass is 340 g/mol. The molecule has 1 aromatic carbocycles. The molecular weight excluding hydrogens is 316 g/mol. The number of hydrogen-bond acceptors (Lipinski definition) is 4. The summed E-state index contributed by atoms with van der Waals surface area (Å²) in [4.78, 5) is 13.9. The summed E-state index contributed by atoms with van der Waals surface area (Å²) in [5.41, 5.74) is 1.04. The van der Waals surface area contributed by atoms with Crippen LogP contribution in [0, 0.1) is 0 Å². The Bertz CT molecular complexity index is 606. The summed E-state index contributed by atoms with van der Waals surface area (Å²) in [7, 11) is -1.93. The van der Waals surface area contributed by atoms with Gasteiger partial charge in [0, 0.05) is 31.4 Å². The number of nitrogens with zero attached hydrogens (tertiary/aromatic N) is 1. The molecule has 0 bridgehead atoms. The molecule has 128 valence electrons. The molecule has 1 atom stereocenters. The van der Waals surface area contributed by atoms with Gasteiger partial charge in [-0.05, 0) is 32.0 Å². The first kappa shape index (κ1) is 17.6. The average Bonchev–Trinajstić information content (AvgIpc) is 2.56. The van der Waals surface area contributed by atoms with Gasteiger partial charge in [-0.2, -0.15) is 0 Å². The highest BCUT2D eigenvalue weighted by molar-refractivity contribution is 7.89. The molecule has 0 aliphatic carbocycles. The van der Waals surface area contributed by atoms with E-state index >= 15 is 0 Å². The smallest absolute Gasteiger partial charge is 0.317 e. The van der Waals surface area contributed by atoms with Crippen molar-refractivity contribution in [1.29, 1.82) is 0 Å². The number of amides is 2. The van der Waals surface area contributed by atoms with Gasteiger partial charge in [-0.25, -0.2) is 17.9 Å². The van der Waals surface area contributed by atoms with Crippen LogP contribution in [-0.4, -0.2) is 57.8 Å². The molecule has 2 rings (SSSR count). The first-order valence-electron chi connectivity index (χ1n) is 7.76. The van der Waals surface area contributed by atoms with Crippen LogP contribution in [0.3, 0.4) is 0 Å². The SMILES string of the molecule is CNS(=O)(=O)CCNC(=O)N1CCC[C@H](Nc2ccccc2)C1. The summed E-state index contributed by atoms with van der Waals surface area (Å²) in [6.45, 7) is 1.41. The summed E-state index contributed by atoms with van der Waals surface area (Å²) in [5, 5.41) is 6.09. The van der Waals surface area contributed by atoms with Gasteiger partial charge in [0.15, 0.2) is 0 Å². The second-order valence-corrected chi connectivity index (χ2v) is 7.60. The zero-order valence-corrected chi connectivity index (χ0v) is 14.1. The summed E-state index contributed by atoms with van der Waals surface area (Å²) in [6.07, 6.45) is 1.93. The average molecular weight is 340 g/mol. The van der Waals surface area contributed by atoms with E-state index in [0.717, 1.165) is 18.5 Å². The van der Waals surface area contributed by atoms with Crippen LogP contribution in [0.2, 0.25) is 0 Å². The van der Waals surface area contributed by atoms with E-state index in [1.807, 2.05) is 30.3 Å². The van der Waals surface area contributed by atoms with Crippen molar-refractivity contribution in [2.24, 2.45) is 0 Å². The molecule has 0 aromatic heterocycles. The van der Waals surface area contributed by atoms with Crippen LogP contribution < -0.4 is 15.4 Å². The second-order valence-electron chi connectivity index (χ2n) is 5.55. The van der Waals surface area contributed by atoms with E-state index in [9.17, 15) is 13.2 Å². The van der Waals surface area contributed by atoms with Crippen LogP contribution in [-0.2, 0) is 10.0 Å². The van der Waals surface area contributed by atoms with Crippen molar-refractivity contribution in [2.75, 3.05) is 37.8 Å². The van der Waals surface area contributed by atoms with Crippen molar-refractivity contribution in [1.82, 2.24) is 14.9 Å². The van der Waals surface area contributed by atoms with Crippen molar-refractivity contribution in [3.05, 3.63) is 30.3 Å². The van der Waals surface area contributed by atoms with E-state index in [0.29, 0.717) is 13.1 Å². The Morgan fingerprint density at radius 1 is 1.30 bits per heavy atom. The highest BCUT2D eigenvalue weighted by Gasteiger charge is 2.23. The topological polar surface area (TPSA) is 90.5 Å². The molecule has 1 saturated heterocycles. The fourth-order valence-electron chi connectivity index (χ4n) is 2.56. The number of benzene rings is 1. The third kappa shape index (κ3) is 5.72. The van der Waals surface area contributed by atoms with Gasteiger partial charge < -0.3 is 15.5 Å². The van der Waals surface area contributed by atoms with Crippen molar-refractivity contribution < 1.29 is 13.2 Å². The van der Waals surface area contributed by atoms with Gasteiger partial charge >= 0.3 is 6.03 Å². The maximum atomic E-state index is 12.1. The lowest BCUT2D eigenvalue weighted by Crippen LogP contribution is -2.49. The normalized spacial score (nSPS) is 18.5. The third-order valence-corrected chi connectivity index (χ3v) is 5.17. The quantitative estimate of drug-likeness (QED) is 0.715. The number of carbonyl (C=O) groups is 1. The number of urea groups is 1. The van der Waals surface area contributed by atoms with Crippen LogP contribution in [0.5, 0.6) is 0 Å². The molecule has 1 aromatic rings. The molecule has 1 aliphatic heterocycles. The van der Waals surface area contributed by atoms with Gasteiger partial charge in [-0.15, -0.1) is 0 Å². The standard InChI is InChI=1S/C15H24N4O3S/c1-16-23(21,22)11-9-17-15(20)19-10-5-8-14(12-19)18-13-6-3-2-4-7-13/h2-4,6-7,14,16,18H,5,8-12H2,1H3,(H,17,20)/t14-/m0/s1. The van der Waals surface area contributed by atoms with Crippen molar-refractivity contribution >= 4 is 21.7 Å². The molecule has 3 N–H and O–H groups in total. The molecule has 1 fully saturated rings. The van der Waals surface area contributed by atoms with Crippen LogP contribution >= 0.6 is 0 Å². The Morgan fingerprint density at radius 3 is 2.74 bits per heavy atom. The first-order chi connectivity index (χ1) is 11.0. The lowest BCUT2D eigenvalue weighted by Gasteiger charge is -2.33. The lowest BCUT2D eigenvalue weighted by molar-refractivity contribution is 0.183. The molecular formula is C15H24N4O3S. The first-order valence-corrected chi connectivity index (χ1v) is 9.41. The molecule has 8 heteroatoms. The minimum absolute atomic E-state index is 0.106. The fourth-order valence-corrected chi connectivity index (χ4v) is 3.13. The summed E-state index contributed by atoms with van der Waals surface area (Å²) < 4.78 is 24.9. The van der Waals surface area contributed by atoms with Gasteiger partial charge in [0.05, 0.1) is 5.75 Å². The number of rotatable bonds is 6.